The Kier molecular flexibility index (Phi) is 3.74. The molecule has 1 fully saturated rings. The minimum atomic E-state index is -0.0828. The van der Waals surface area contributed by atoms with Gasteiger partial charge in [0.05, 0.1) is 0 Å². The van der Waals surface area contributed by atoms with Crippen molar-refractivity contribution in [3.8, 4) is 0 Å². The second-order valence-electron chi connectivity index (χ2n) is 6.24. The topological polar surface area (TPSA) is 37.4 Å². The summed E-state index contributed by atoms with van der Waals surface area (Å²) in [6.45, 7) is 6.79. The van der Waals surface area contributed by atoms with Crippen LogP contribution in [0.3, 0.4) is 0 Å². The lowest BCUT2D eigenvalue weighted by Crippen LogP contribution is -2.52. The molecule has 1 aliphatic heterocycles. The lowest BCUT2D eigenvalue weighted by molar-refractivity contribution is -0.124. The van der Waals surface area contributed by atoms with Crippen LogP contribution in [0, 0.1) is 5.41 Å². The van der Waals surface area contributed by atoms with E-state index in [1.165, 1.54) is 0 Å². The summed E-state index contributed by atoms with van der Waals surface area (Å²) >= 11 is 0. The zero-order valence-corrected chi connectivity index (χ0v) is 11.8. The maximum atomic E-state index is 12.6. The fourth-order valence-electron chi connectivity index (χ4n) is 2.59. The Bertz CT molecular complexity index is 473. The van der Waals surface area contributed by atoms with Crippen LogP contribution in [0.4, 0.5) is 0 Å². The van der Waals surface area contributed by atoms with E-state index in [1.807, 2.05) is 35.2 Å². The molecule has 1 unspecified atom stereocenters. The van der Waals surface area contributed by atoms with Crippen molar-refractivity contribution in [2.24, 2.45) is 5.41 Å². The summed E-state index contributed by atoms with van der Waals surface area (Å²) in [7, 11) is 0. The minimum absolute atomic E-state index is 0.0125. The summed E-state index contributed by atoms with van der Waals surface area (Å²) in [6.07, 6.45) is 0.952. The van der Waals surface area contributed by atoms with Crippen molar-refractivity contribution in [1.29, 1.82) is 0 Å². The number of hydrogen-bond donors (Lipinski definition) is 0. The number of carbonyl (C=O) groups excluding carboxylic acids is 2. The second kappa shape index (κ2) is 5.16. The number of hydrogen-bond acceptors (Lipinski definition) is 2. The van der Waals surface area contributed by atoms with Gasteiger partial charge in [-0.1, -0.05) is 39.0 Å². The summed E-state index contributed by atoms with van der Waals surface area (Å²) in [4.78, 5) is 26.1. The van der Waals surface area contributed by atoms with E-state index in [0.717, 1.165) is 0 Å². The van der Waals surface area contributed by atoms with E-state index in [4.69, 9.17) is 0 Å². The van der Waals surface area contributed by atoms with Crippen LogP contribution in [0.15, 0.2) is 30.3 Å². The average Bonchev–Trinajstić information content (AvgIpc) is 2.38. The SMILES string of the molecule is CC(C)(C)C1CC(=O)CCN1C(=O)c1ccccc1. The predicted molar refractivity (Wildman–Crippen MR) is 75.0 cm³/mol. The first-order chi connectivity index (χ1) is 8.89. The quantitative estimate of drug-likeness (QED) is 0.777. The molecular weight excluding hydrogens is 238 g/mol. The standard InChI is InChI=1S/C16H21NO2/c1-16(2,3)14-11-13(18)9-10-17(14)15(19)12-7-5-4-6-8-12/h4-8,14H,9-11H2,1-3H3. The highest BCUT2D eigenvalue weighted by Crippen LogP contribution is 2.31. The Morgan fingerprint density at radius 1 is 1.21 bits per heavy atom. The summed E-state index contributed by atoms with van der Waals surface area (Å²) < 4.78 is 0. The number of nitrogens with zero attached hydrogens (tertiary/aromatic N) is 1. The zero-order chi connectivity index (χ0) is 14.0. The van der Waals surface area contributed by atoms with Gasteiger partial charge in [0.1, 0.15) is 5.78 Å². The van der Waals surface area contributed by atoms with Crippen molar-refractivity contribution in [1.82, 2.24) is 4.90 Å². The molecule has 0 saturated carbocycles. The Morgan fingerprint density at radius 3 is 2.42 bits per heavy atom. The first-order valence-electron chi connectivity index (χ1n) is 6.77. The monoisotopic (exact) mass is 259 g/mol. The third-order valence-corrected chi connectivity index (χ3v) is 3.71. The van der Waals surface area contributed by atoms with Crippen LogP contribution in [0.2, 0.25) is 0 Å². The molecular formula is C16H21NO2. The Hall–Kier alpha value is -1.64. The normalized spacial score (nSPS) is 20.5. The Morgan fingerprint density at radius 2 is 1.84 bits per heavy atom. The van der Waals surface area contributed by atoms with Crippen LogP contribution in [-0.2, 0) is 4.79 Å². The number of carbonyl (C=O) groups is 2. The first-order valence-corrected chi connectivity index (χ1v) is 6.77. The Balaban J connectivity index is 2.26. The highest BCUT2D eigenvalue weighted by atomic mass is 16.2. The lowest BCUT2D eigenvalue weighted by Gasteiger charge is -2.42. The van der Waals surface area contributed by atoms with E-state index in [1.54, 1.807) is 0 Å². The van der Waals surface area contributed by atoms with Gasteiger partial charge in [-0.3, -0.25) is 9.59 Å². The number of piperidine rings is 1. The Labute approximate surface area is 114 Å². The van der Waals surface area contributed by atoms with Crippen molar-refractivity contribution in [3.63, 3.8) is 0 Å². The largest absolute Gasteiger partial charge is 0.334 e. The molecule has 3 nitrogen and oxygen atoms in total. The molecule has 0 aliphatic carbocycles. The molecule has 0 radical (unpaired) electrons. The lowest BCUT2D eigenvalue weighted by atomic mass is 9.80. The molecule has 1 aliphatic rings. The summed E-state index contributed by atoms with van der Waals surface area (Å²) in [5.41, 5.74) is 0.617. The molecule has 2 rings (SSSR count). The van der Waals surface area contributed by atoms with Crippen LogP contribution in [0.25, 0.3) is 0 Å². The third kappa shape index (κ3) is 3.03. The van der Waals surface area contributed by atoms with E-state index in [2.05, 4.69) is 20.8 Å². The average molecular weight is 259 g/mol. The number of Topliss-reactive ketones (excluding diaryl/α,β-unsaturated/α-hetero) is 1. The van der Waals surface area contributed by atoms with Gasteiger partial charge in [-0.05, 0) is 17.5 Å². The van der Waals surface area contributed by atoms with Crippen molar-refractivity contribution in [2.75, 3.05) is 6.54 Å². The van der Waals surface area contributed by atoms with Gasteiger partial charge in [0.15, 0.2) is 0 Å². The smallest absolute Gasteiger partial charge is 0.254 e. The van der Waals surface area contributed by atoms with Crippen LogP contribution < -0.4 is 0 Å². The van der Waals surface area contributed by atoms with Gasteiger partial charge >= 0.3 is 0 Å². The highest BCUT2D eigenvalue weighted by molar-refractivity contribution is 5.95. The van der Waals surface area contributed by atoms with E-state index in [9.17, 15) is 9.59 Å². The molecule has 1 aromatic rings. The van der Waals surface area contributed by atoms with E-state index < -0.39 is 0 Å². The van der Waals surface area contributed by atoms with Crippen LogP contribution in [0.1, 0.15) is 44.0 Å². The molecule has 0 bridgehead atoms. The van der Waals surface area contributed by atoms with E-state index in [-0.39, 0.29) is 23.1 Å². The summed E-state index contributed by atoms with van der Waals surface area (Å²) in [6, 6.07) is 9.29. The fraction of sp³-hybridized carbons (Fsp3) is 0.500. The van der Waals surface area contributed by atoms with Crippen LogP contribution in [0.5, 0.6) is 0 Å². The number of rotatable bonds is 1. The molecule has 3 heteroatoms. The van der Waals surface area contributed by atoms with Crippen molar-refractivity contribution >= 4 is 11.7 Å². The molecule has 1 amide bonds. The van der Waals surface area contributed by atoms with E-state index >= 15 is 0 Å². The number of ketones is 1. The molecule has 0 aromatic heterocycles. The summed E-state index contributed by atoms with van der Waals surface area (Å²) in [5, 5.41) is 0. The third-order valence-electron chi connectivity index (χ3n) is 3.71. The van der Waals surface area contributed by atoms with E-state index in [0.29, 0.717) is 24.9 Å². The molecule has 1 saturated heterocycles. The highest BCUT2D eigenvalue weighted by Gasteiger charge is 2.38. The maximum absolute atomic E-state index is 12.6. The molecule has 19 heavy (non-hydrogen) atoms. The van der Waals surface area contributed by atoms with Crippen LogP contribution >= 0.6 is 0 Å². The zero-order valence-electron chi connectivity index (χ0n) is 11.8. The van der Waals surface area contributed by atoms with Gasteiger partial charge in [0.25, 0.3) is 5.91 Å². The predicted octanol–water partition coefficient (Wildman–Crippen LogP) is 2.91. The maximum Gasteiger partial charge on any atom is 0.254 e. The number of benzene rings is 1. The van der Waals surface area contributed by atoms with Gasteiger partial charge in [-0.25, -0.2) is 0 Å². The molecule has 0 spiro atoms. The molecule has 1 atom stereocenters. The molecule has 0 N–H and O–H groups in total. The van der Waals surface area contributed by atoms with Gasteiger partial charge in [-0.2, -0.15) is 0 Å². The van der Waals surface area contributed by atoms with Crippen molar-refractivity contribution in [3.05, 3.63) is 35.9 Å². The number of likely N-dealkylation sites (tertiary alicyclic amines) is 1. The molecule has 1 aromatic carbocycles. The van der Waals surface area contributed by atoms with Gasteiger partial charge in [0.2, 0.25) is 0 Å². The van der Waals surface area contributed by atoms with Crippen molar-refractivity contribution < 1.29 is 9.59 Å². The van der Waals surface area contributed by atoms with Crippen molar-refractivity contribution in [2.45, 2.75) is 39.7 Å². The second-order valence-corrected chi connectivity index (χ2v) is 6.24. The molecule has 102 valence electrons. The number of amides is 1. The van der Waals surface area contributed by atoms with Gasteiger partial charge < -0.3 is 4.90 Å². The molecule has 1 heterocycles. The summed E-state index contributed by atoms with van der Waals surface area (Å²) in [5.74, 6) is 0.296. The van der Waals surface area contributed by atoms with Crippen LogP contribution in [-0.4, -0.2) is 29.2 Å². The fourth-order valence-corrected chi connectivity index (χ4v) is 2.59. The van der Waals surface area contributed by atoms with Gasteiger partial charge in [0, 0.05) is 31.0 Å². The minimum Gasteiger partial charge on any atom is -0.334 e. The first kappa shape index (κ1) is 13.8. The van der Waals surface area contributed by atoms with Gasteiger partial charge in [-0.15, -0.1) is 0 Å².